The van der Waals surface area contributed by atoms with Crippen molar-refractivity contribution in [2.24, 2.45) is 5.92 Å². The third-order valence-electron chi connectivity index (χ3n) is 4.75. The Balaban J connectivity index is 1.69. The second-order valence-corrected chi connectivity index (χ2v) is 8.08. The number of rotatable bonds is 4. The molecule has 3 unspecified atom stereocenters. The Morgan fingerprint density at radius 1 is 1.36 bits per heavy atom. The smallest absolute Gasteiger partial charge is 0.345 e. The maximum Gasteiger partial charge on any atom is 0.350 e. The van der Waals surface area contributed by atoms with Crippen molar-refractivity contribution in [3.05, 3.63) is 24.3 Å². The number of fused-ring (bicyclic) bond motifs is 3. The molecule has 1 aliphatic rings. The van der Waals surface area contributed by atoms with E-state index in [0.717, 1.165) is 5.52 Å². The number of halogens is 2. The quantitative estimate of drug-likeness (QED) is 0.726. The standard InChI is InChI=1S/C14H16F2N6O2S/c1-7-4-8(21-25(23,24)14(15)16)5-9(7)13-20-19-11-6-18-12-10(22(11)13)2-3-17-12/h2-3,6-9,14,17,21H,4-5H2,1H3. The maximum absolute atomic E-state index is 12.6. The van der Waals surface area contributed by atoms with Crippen molar-refractivity contribution in [3.8, 4) is 0 Å². The summed E-state index contributed by atoms with van der Waals surface area (Å²) in [5, 5.41) is 8.39. The molecule has 1 saturated carbocycles. The van der Waals surface area contributed by atoms with E-state index >= 15 is 0 Å². The lowest BCUT2D eigenvalue weighted by Crippen LogP contribution is -2.36. The van der Waals surface area contributed by atoms with Gasteiger partial charge >= 0.3 is 5.76 Å². The number of nitrogens with one attached hydrogen (secondary N) is 2. The molecule has 4 rings (SSSR count). The van der Waals surface area contributed by atoms with Crippen molar-refractivity contribution in [2.75, 3.05) is 0 Å². The molecule has 8 nitrogen and oxygen atoms in total. The summed E-state index contributed by atoms with van der Waals surface area (Å²) >= 11 is 0. The predicted molar refractivity (Wildman–Crippen MR) is 85.6 cm³/mol. The minimum atomic E-state index is -4.61. The Labute approximate surface area is 141 Å². The lowest BCUT2D eigenvalue weighted by molar-refractivity contribution is 0.231. The summed E-state index contributed by atoms with van der Waals surface area (Å²) in [5.74, 6) is -2.77. The van der Waals surface area contributed by atoms with Crippen molar-refractivity contribution < 1.29 is 17.2 Å². The van der Waals surface area contributed by atoms with Crippen molar-refractivity contribution >= 4 is 26.8 Å². The van der Waals surface area contributed by atoms with Crippen LogP contribution in [0.4, 0.5) is 8.78 Å². The molecule has 2 N–H and O–H groups in total. The highest BCUT2D eigenvalue weighted by molar-refractivity contribution is 7.89. The van der Waals surface area contributed by atoms with Gasteiger partial charge in [-0.3, -0.25) is 4.40 Å². The summed E-state index contributed by atoms with van der Waals surface area (Å²) in [4.78, 5) is 7.28. The van der Waals surface area contributed by atoms with Gasteiger partial charge in [-0.2, -0.15) is 8.78 Å². The molecular weight excluding hydrogens is 354 g/mol. The van der Waals surface area contributed by atoms with E-state index in [-0.39, 0.29) is 11.8 Å². The Morgan fingerprint density at radius 3 is 2.92 bits per heavy atom. The first-order valence-electron chi connectivity index (χ1n) is 7.83. The number of sulfonamides is 1. The van der Waals surface area contributed by atoms with Gasteiger partial charge in [-0.05, 0) is 24.8 Å². The molecule has 0 aliphatic heterocycles. The number of hydrogen-bond acceptors (Lipinski definition) is 5. The van der Waals surface area contributed by atoms with Crippen LogP contribution in [0.5, 0.6) is 0 Å². The maximum atomic E-state index is 12.6. The minimum absolute atomic E-state index is 0.0694. The fraction of sp³-hybridized carbons (Fsp3) is 0.500. The third-order valence-corrected chi connectivity index (χ3v) is 5.88. The average Bonchev–Trinajstić information content (AvgIpc) is 3.23. The first-order valence-corrected chi connectivity index (χ1v) is 9.38. The van der Waals surface area contributed by atoms with E-state index in [1.165, 1.54) is 0 Å². The Hall–Kier alpha value is -2.14. The summed E-state index contributed by atoms with van der Waals surface area (Å²) < 4.78 is 52.0. The molecule has 3 aromatic heterocycles. The number of aromatic amines is 1. The van der Waals surface area contributed by atoms with E-state index in [4.69, 9.17) is 0 Å². The summed E-state index contributed by atoms with van der Waals surface area (Å²) in [7, 11) is -4.61. The van der Waals surface area contributed by atoms with Crippen LogP contribution in [-0.4, -0.2) is 44.8 Å². The zero-order chi connectivity index (χ0) is 17.8. The molecule has 3 atom stereocenters. The largest absolute Gasteiger partial charge is 0.350 e. The number of nitrogens with zero attached hydrogens (tertiary/aromatic N) is 4. The van der Waals surface area contributed by atoms with E-state index in [2.05, 4.69) is 24.9 Å². The molecule has 1 aliphatic carbocycles. The van der Waals surface area contributed by atoms with Gasteiger partial charge in [-0.25, -0.2) is 18.1 Å². The van der Waals surface area contributed by atoms with Crippen molar-refractivity contribution in [1.82, 2.24) is 29.3 Å². The van der Waals surface area contributed by atoms with Crippen LogP contribution in [0.1, 0.15) is 31.5 Å². The van der Waals surface area contributed by atoms with Crippen LogP contribution < -0.4 is 4.72 Å². The van der Waals surface area contributed by atoms with Crippen LogP contribution in [0.15, 0.2) is 18.5 Å². The number of alkyl halides is 2. The van der Waals surface area contributed by atoms with Gasteiger partial charge in [0.25, 0.3) is 10.0 Å². The Kier molecular flexibility index (Phi) is 3.72. The van der Waals surface area contributed by atoms with Crippen LogP contribution in [0.3, 0.4) is 0 Å². The highest BCUT2D eigenvalue weighted by Gasteiger charge is 2.39. The normalized spacial score (nSPS) is 24.7. The van der Waals surface area contributed by atoms with Crippen LogP contribution >= 0.6 is 0 Å². The van der Waals surface area contributed by atoms with Crippen molar-refractivity contribution in [2.45, 2.75) is 37.5 Å². The van der Waals surface area contributed by atoms with E-state index in [9.17, 15) is 17.2 Å². The lowest BCUT2D eigenvalue weighted by atomic mass is 9.97. The molecule has 3 heterocycles. The van der Waals surface area contributed by atoms with Crippen molar-refractivity contribution in [3.63, 3.8) is 0 Å². The first kappa shape index (κ1) is 16.3. The average molecular weight is 370 g/mol. The van der Waals surface area contributed by atoms with Gasteiger partial charge in [0, 0.05) is 18.2 Å². The van der Waals surface area contributed by atoms with E-state index < -0.39 is 21.8 Å². The molecule has 0 amide bonds. The zero-order valence-electron chi connectivity index (χ0n) is 13.2. The monoisotopic (exact) mass is 370 g/mol. The summed E-state index contributed by atoms with van der Waals surface area (Å²) in [6.45, 7) is 1.96. The lowest BCUT2D eigenvalue weighted by Gasteiger charge is -2.13. The summed E-state index contributed by atoms with van der Waals surface area (Å²) in [6.07, 6.45) is 4.22. The van der Waals surface area contributed by atoms with Crippen LogP contribution in [-0.2, 0) is 10.0 Å². The predicted octanol–water partition coefficient (Wildman–Crippen LogP) is 1.63. The van der Waals surface area contributed by atoms with Crippen LogP contribution in [0, 0.1) is 5.92 Å². The van der Waals surface area contributed by atoms with E-state index in [1.807, 2.05) is 17.4 Å². The molecule has 0 bridgehead atoms. The topological polar surface area (TPSA) is 105 Å². The highest BCUT2D eigenvalue weighted by atomic mass is 32.2. The molecule has 25 heavy (non-hydrogen) atoms. The Bertz CT molecular complexity index is 1030. The number of aromatic nitrogens is 5. The fourth-order valence-corrected chi connectivity index (χ4v) is 4.39. The molecule has 0 spiro atoms. The van der Waals surface area contributed by atoms with E-state index in [0.29, 0.717) is 30.0 Å². The van der Waals surface area contributed by atoms with Gasteiger partial charge in [0.2, 0.25) is 0 Å². The number of hydrogen-bond donors (Lipinski definition) is 2. The molecule has 11 heteroatoms. The molecule has 1 fully saturated rings. The number of H-pyrrole nitrogens is 1. The van der Waals surface area contributed by atoms with Crippen LogP contribution in [0.25, 0.3) is 16.8 Å². The molecule has 0 aromatic carbocycles. The second kappa shape index (κ2) is 5.70. The van der Waals surface area contributed by atoms with Gasteiger partial charge in [-0.1, -0.05) is 6.92 Å². The molecular formula is C14H16F2N6O2S. The van der Waals surface area contributed by atoms with Gasteiger partial charge in [0.1, 0.15) is 5.82 Å². The van der Waals surface area contributed by atoms with Crippen LogP contribution in [0.2, 0.25) is 0 Å². The highest BCUT2D eigenvalue weighted by Crippen LogP contribution is 2.39. The second-order valence-electron chi connectivity index (χ2n) is 6.40. The zero-order valence-corrected chi connectivity index (χ0v) is 14.0. The third kappa shape index (κ3) is 2.67. The minimum Gasteiger partial charge on any atom is -0.345 e. The summed E-state index contributed by atoms with van der Waals surface area (Å²) in [6, 6.07) is 1.31. The van der Waals surface area contributed by atoms with Gasteiger partial charge in [-0.15, -0.1) is 10.2 Å². The first-order chi connectivity index (χ1) is 11.9. The van der Waals surface area contributed by atoms with Gasteiger partial charge < -0.3 is 4.98 Å². The Morgan fingerprint density at radius 2 is 2.16 bits per heavy atom. The van der Waals surface area contributed by atoms with Gasteiger partial charge in [0.15, 0.2) is 11.3 Å². The summed E-state index contributed by atoms with van der Waals surface area (Å²) in [5.41, 5.74) is 2.10. The SMILES string of the molecule is CC1CC(NS(=O)(=O)C(F)F)CC1c1nnc2cnc3[nH]ccc3n12. The fourth-order valence-electron chi connectivity index (χ4n) is 3.63. The van der Waals surface area contributed by atoms with Gasteiger partial charge in [0.05, 0.1) is 11.7 Å². The molecule has 3 aromatic rings. The van der Waals surface area contributed by atoms with E-state index in [1.54, 1.807) is 12.4 Å². The molecule has 134 valence electrons. The molecule has 0 radical (unpaired) electrons. The van der Waals surface area contributed by atoms with Crippen molar-refractivity contribution in [1.29, 1.82) is 0 Å². The molecule has 0 saturated heterocycles.